The van der Waals surface area contributed by atoms with Crippen molar-refractivity contribution in [3.8, 4) is 5.75 Å². The van der Waals surface area contributed by atoms with Crippen molar-refractivity contribution in [3.63, 3.8) is 0 Å². The fraction of sp³-hybridized carbons (Fsp3) is 0.154. The number of nitrogens with zero attached hydrogens (tertiary/aromatic N) is 1. The molecule has 0 bridgehead atoms. The zero-order valence-electron chi connectivity index (χ0n) is 11.2. The number of hydrogen-bond donors (Lipinski definition) is 1. The van der Waals surface area contributed by atoms with Gasteiger partial charge in [-0.25, -0.2) is 13.4 Å². The lowest BCUT2D eigenvalue weighted by Crippen LogP contribution is -2.15. The summed E-state index contributed by atoms with van der Waals surface area (Å²) in [7, 11) is -2.40. The Labute approximate surface area is 136 Å². The van der Waals surface area contributed by atoms with E-state index in [2.05, 4.69) is 25.6 Å². The SMILES string of the molecule is COc1cc(C)c(Br)cc1S(=O)(=O)Nc1ccc(Cl)cn1. The number of hydrogen-bond acceptors (Lipinski definition) is 4. The number of benzene rings is 1. The summed E-state index contributed by atoms with van der Waals surface area (Å²) in [6, 6.07) is 6.17. The molecule has 2 rings (SSSR count). The van der Waals surface area contributed by atoms with E-state index in [9.17, 15) is 8.42 Å². The maximum Gasteiger partial charge on any atom is 0.266 e. The van der Waals surface area contributed by atoms with E-state index < -0.39 is 10.0 Å². The van der Waals surface area contributed by atoms with Gasteiger partial charge in [0.15, 0.2) is 0 Å². The van der Waals surface area contributed by atoms with Crippen LogP contribution in [0.1, 0.15) is 5.56 Å². The zero-order valence-corrected chi connectivity index (χ0v) is 14.4. The first kappa shape index (κ1) is 16.1. The largest absolute Gasteiger partial charge is 0.495 e. The molecule has 1 aromatic heterocycles. The molecule has 8 heteroatoms. The van der Waals surface area contributed by atoms with Gasteiger partial charge >= 0.3 is 0 Å². The van der Waals surface area contributed by atoms with Crippen molar-refractivity contribution in [1.29, 1.82) is 0 Å². The first-order valence-corrected chi connectivity index (χ1v) is 8.47. The maximum atomic E-state index is 12.4. The van der Waals surface area contributed by atoms with Gasteiger partial charge in [0.1, 0.15) is 16.5 Å². The molecule has 0 atom stereocenters. The van der Waals surface area contributed by atoms with Crippen molar-refractivity contribution in [3.05, 3.63) is 45.5 Å². The highest BCUT2D eigenvalue weighted by atomic mass is 79.9. The van der Waals surface area contributed by atoms with Gasteiger partial charge in [-0.1, -0.05) is 27.5 Å². The second-order valence-corrected chi connectivity index (χ2v) is 7.16. The Morgan fingerprint density at radius 3 is 2.62 bits per heavy atom. The number of nitrogens with one attached hydrogen (secondary N) is 1. The highest BCUT2D eigenvalue weighted by Gasteiger charge is 2.21. The van der Waals surface area contributed by atoms with E-state index in [1.54, 1.807) is 12.1 Å². The van der Waals surface area contributed by atoms with Crippen molar-refractivity contribution < 1.29 is 13.2 Å². The third kappa shape index (κ3) is 3.66. The molecule has 0 unspecified atom stereocenters. The van der Waals surface area contributed by atoms with Crippen molar-refractivity contribution in [1.82, 2.24) is 4.98 Å². The molecular formula is C13H12BrClN2O3S. The second-order valence-electron chi connectivity index (χ2n) is 4.22. The second kappa shape index (κ2) is 6.21. The van der Waals surface area contributed by atoms with Crippen molar-refractivity contribution in [2.45, 2.75) is 11.8 Å². The number of aromatic nitrogens is 1. The van der Waals surface area contributed by atoms with E-state index in [4.69, 9.17) is 16.3 Å². The first-order chi connectivity index (χ1) is 9.83. The van der Waals surface area contributed by atoms with Gasteiger partial charge in [-0.15, -0.1) is 0 Å². The average molecular weight is 392 g/mol. The number of halogens is 2. The Balaban J connectivity index is 2.44. The monoisotopic (exact) mass is 390 g/mol. The summed E-state index contributed by atoms with van der Waals surface area (Å²) in [5.41, 5.74) is 0.871. The lowest BCUT2D eigenvalue weighted by atomic mass is 10.2. The number of aryl methyl sites for hydroxylation is 1. The van der Waals surface area contributed by atoms with E-state index in [0.717, 1.165) is 5.56 Å². The van der Waals surface area contributed by atoms with Crippen LogP contribution in [0.3, 0.4) is 0 Å². The Bertz CT molecular complexity index is 764. The summed E-state index contributed by atoms with van der Waals surface area (Å²) in [5, 5.41) is 0.425. The molecular weight excluding hydrogens is 380 g/mol. The van der Waals surface area contributed by atoms with E-state index in [0.29, 0.717) is 9.50 Å². The number of ether oxygens (including phenoxy) is 1. The van der Waals surface area contributed by atoms with Gasteiger partial charge in [0.05, 0.1) is 12.1 Å². The number of methoxy groups -OCH3 is 1. The number of anilines is 1. The molecule has 0 spiro atoms. The van der Waals surface area contributed by atoms with Crippen molar-refractivity contribution in [2.75, 3.05) is 11.8 Å². The van der Waals surface area contributed by atoms with Crippen LogP contribution in [0.2, 0.25) is 5.02 Å². The molecule has 0 saturated heterocycles. The molecule has 0 aliphatic rings. The third-order valence-corrected chi connectivity index (χ3v) is 5.15. The Hall–Kier alpha value is -1.31. The first-order valence-electron chi connectivity index (χ1n) is 5.82. The van der Waals surface area contributed by atoms with Crippen molar-refractivity contribution in [2.24, 2.45) is 0 Å². The van der Waals surface area contributed by atoms with Crippen LogP contribution in [-0.2, 0) is 10.0 Å². The van der Waals surface area contributed by atoms with Gasteiger partial charge in [0.25, 0.3) is 10.0 Å². The lowest BCUT2D eigenvalue weighted by Gasteiger charge is -2.13. The molecule has 112 valence electrons. The zero-order chi connectivity index (χ0) is 15.6. The third-order valence-electron chi connectivity index (χ3n) is 2.70. The highest BCUT2D eigenvalue weighted by Crippen LogP contribution is 2.31. The van der Waals surface area contributed by atoms with E-state index in [1.165, 1.54) is 25.4 Å². The summed E-state index contributed by atoms with van der Waals surface area (Å²) in [5.74, 6) is 0.440. The molecule has 1 aromatic carbocycles. The highest BCUT2D eigenvalue weighted by molar-refractivity contribution is 9.10. The molecule has 0 amide bonds. The lowest BCUT2D eigenvalue weighted by molar-refractivity contribution is 0.402. The number of sulfonamides is 1. The molecule has 5 nitrogen and oxygen atoms in total. The molecule has 0 fully saturated rings. The van der Waals surface area contributed by atoms with Gasteiger partial charge in [-0.2, -0.15) is 0 Å². The van der Waals surface area contributed by atoms with Crippen LogP contribution < -0.4 is 9.46 Å². The molecule has 0 radical (unpaired) electrons. The fourth-order valence-corrected chi connectivity index (χ4v) is 3.43. The van der Waals surface area contributed by atoms with Crippen LogP contribution in [0.15, 0.2) is 39.8 Å². The van der Waals surface area contributed by atoms with Crippen LogP contribution in [0, 0.1) is 6.92 Å². The molecule has 1 N–H and O–H groups in total. The van der Waals surface area contributed by atoms with Crippen LogP contribution in [0.5, 0.6) is 5.75 Å². The summed E-state index contributed by atoms with van der Waals surface area (Å²) < 4.78 is 33.1. The van der Waals surface area contributed by atoms with Gasteiger partial charge in [-0.3, -0.25) is 4.72 Å². The van der Waals surface area contributed by atoms with Crippen LogP contribution in [-0.4, -0.2) is 20.5 Å². The Morgan fingerprint density at radius 1 is 1.33 bits per heavy atom. The summed E-state index contributed by atoms with van der Waals surface area (Å²) >= 11 is 9.04. The van der Waals surface area contributed by atoms with E-state index in [-0.39, 0.29) is 16.5 Å². The quantitative estimate of drug-likeness (QED) is 0.864. The molecule has 1 heterocycles. The number of rotatable bonds is 4. The average Bonchev–Trinajstić information content (AvgIpc) is 2.43. The topological polar surface area (TPSA) is 68.3 Å². The molecule has 21 heavy (non-hydrogen) atoms. The van der Waals surface area contributed by atoms with E-state index >= 15 is 0 Å². The smallest absolute Gasteiger partial charge is 0.266 e. The van der Waals surface area contributed by atoms with Crippen molar-refractivity contribution >= 4 is 43.4 Å². The standard InChI is InChI=1S/C13H12BrClN2O3S/c1-8-5-11(20-2)12(6-10(8)14)21(18,19)17-13-4-3-9(15)7-16-13/h3-7H,1-2H3,(H,16,17). The summed E-state index contributed by atoms with van der Waals surface area (Å²) in [6.45, 7) is 1.84. The normalized spacial score (nSPS) is 11.2. The predicted octanol–water partition coefficient (Wildman–Crippen LogP) is 3.62. The molecule has 2 aromatic rings. The van der Waals surface area contributed by atoms with Crippen LogP contribution in [0.25, 0.3) is 0 Å². The Kier molecular flexibility index (Phi) is 4.75. The van der Waals surface area contributed by atoms with E-state index in [1.807, 2.05) is 6.92 Å². The maximum absolute atomic E-state index is 12.4. The minimum atomic E-state index is -3.82. The summed E-state index contributed by atoms with van der Waals surface area (Å²) in [6.07, 6.45) is 1.36. The predicted molar refractivity (Wildman–Crippen MR) is 85.5 cm³/mol. The van der Waals surface area contributed by atoms with Crippen LogP contribution in [0.4, 0.5) is 5.82 Å². The Morgan fingerprint density at radius 2 is 2.05 bits per heavy atom. The molecule has 0 saturated carbocycles. The summed E-state index contributed by atoms with van der Waals surface area (Å²) in [4.78, 5) is 3.94. The van der Waals surface area contributed by atoms with Gasteiger partial charge in [0, 0.05) is 10.7 Å². The van der Waals surface area contributed by atoms with Gasteiger partial charge in [0.2, 0.25) is 0 Å². The minimum absolute atomic E-state index is 0.0271. The number of pyridine rings is 1. The van der Waals surface area contributed by atoms with Gasteiger partial charge in [-0.05, 0) is 36.8 Å². The van der Waals surface area contributed by atoms with Gasteiger partial charge < -0.3 is 4.74 Å². The minimum Gasteiger partial charge on any atom is -0.495 e. The molecule has 0 aliphatic heterocycles. The molecule has 0 aliphatic carbocycles. The fourth-order valence-electron chi connectivity index (χ4n) is 1.64. The van der Waals surface area contributed by atoms with Crippen LogP contribution >= 0.6 is 27.5 Å².